The average Bonchev–Trinajstić information content (AvgIpc) is 2.49. The van der Waals surface area contributed by atoms with E-state index in [9.17, 15) is 14.7 Å². The van der Waals surface area contributed by atoms with Crippen molar-refractivity contribution in [2.45, 2.75) is 40.3 Å². The Morgan fingerprint density at radius 1 is 1.30 bits per heavy atom. The van der Waals surface area contributed by atoms with E-state index in [1.165, 1.54) is 0 Å². The van der Waals surface area contributed by atoms with Crippen LogP contribution in [0.5, 0.6) is 0 Å². The Bertz CT molecular complexity index is 775. The molecule has 2 aromatic rings. The number of hydrogen-bond acceptors (Lipinski definition) is 4. The fourth-order valence-corrected chi connectivity index (χ4v) is 2.22. The fourth-order valence-electron chi connectivity index (χ4n) is 2.22. The van der Waals surface area contributed by atoms with E-state index in [0.717, 1.165) is 10.1 Å². The van der Waals surface area contributed by atoms with Crippen LogP contribution in [0.1, 0.15) is 26.5 Å². The van der Waals surface area contributed by atoms with Crippen LogP contribution in [-0.4, -0.2) is 33.4 Å². The van der Waals surface area contributed by atoms with Gasteiger partial charge in [0.05, 0.1) is 17.2 Å². The summed E-state index contributed by atoms with van der Waals surface area (Å²) >= 11 is 0. The second-order valence-electron chi connectivity index (χ2n) is 6.78. The van der Waals surface area contributed by atoms with Gasteiger partial charge in [0, 0.05) is 11.9 Å². The number of carbonyl (C=O) groups is 1. The molecule has 23 heavy (non-hydrogen) atoms. The summed E-state index contributed by atoms with van der Waals surface area (Å²) in [5, 5.41) is 18.1. The van der Waals surface area contributed by atoms with Crippen LogP contribution in [0.2, 0.25) is 0 Å². The zero-order valence-corrected chi connectivity index (χ0v) is 14.0. The molecule has 1 unspecified atom stereocenters. The first-order valence-corrected chi connectivity index (χ1v) is 7.61. The predicted octanol–water partition coefficient (Wildman–Crippen LogP) is 1.23. The van der Waals surface area contributed by atoms with Gasteiger partial charge in [0.15, 0.2) is 0 Å². The van der Waals surface area contributed by atoms with Crippen LogP contribution in [0, 0.1) is 12.3 Å². The van der Waals surface area contributed by atoms with E-state index in [4.69, 9.17) is 0 Å². The van der Waals surface area contributed by atoms with Gasteiger partial charge < -0.3 is 10.4 Å². The van der Waals surface area contributed by atoms with E-state index in [2.05, 4.69) is 10.4 Å². The molecule has 1 heterocycles. The van der Waals surface area contributed by atoms with E-state index in [1.807, 2.05) is 32.9 Å². The lowest BCUT2D eigenvalue weighted by molar-refractivity contribution is -0.122. The van der Waals surface area contributed by atoms with Crippen molar-refractivity contribution in [3.8, 4) is 0 Å². The third-order valence-electron chi connectivity index (χ3n) is 3.84. The summed E-state index contributed by atoms with van der Waals surface area (Å²) in [5.74, 6) is -0.349. The number of aliphatic hydroxyl groups is 1. The molecule has 0 fully saturated rings. The highest BCUT2D eigenvalue weighted by molar-refractivity contribution is 5.83. The molecular formula is C17H23N3O3. The molecule has 0 spiro atoms. The normalized spacial score (nSPS) is 13.1. The number of hydrogen-bond donors (Lipinski definition) is 2. The van der Waals surface area contributed by atoms with Crippen molar-refractivity contribution in [3.05, 3.63) is 40.3 Å². The third-order valence-corrected chi connectivity index (χ3v) is 3.84. The smallest absolute Gasteiger partial charge is 0.275 e. The van der Waals surface area contributed by atoms with E-state index in [-0.39, 0.29) is 30.0 Å². The minimum atomic E-state index is -0.658. The van der Waals surface area contributed by atoms with Crippen molar-refractivity contribution in [2.24, 2.45) is 5.41 Å². The van der Waals surface area contributed by atoms with Crippen LogP contribution in [0.15, 0.2) is 29.1 Å². The Morgan fingerprint density at radius 3 is 2.52 bits per heavy atom. The van der Waals surface area contributed by atoms with Crippen LogP contribution in [0.4, 0.5) is 0 Å². The van der Waals surface area contributed by atoms with E-state index >= 15 is 0 Å². The maximum atomic E-state index is 12.4. The lowest BCUT2D eigenvalue weighted by Crippen LogP contribution is -2.41. The lowest BCUT2D eigenvalue weighted by atomic mass is 9.89. The molecule has 124 valence electrons. The first kappa shape index (κ1) is 17.1. The summed E-state index contributed by atoms with van der Waals surface area (Å²) in [6, 6.07) is 7.20. The molecule has 0 saturated carbocycles. The Balaban J connectivity index is 2.15. The highest BCUT2D eigenvalue weighted by Crippen LogP contribution is 2.18. The minimum Gasteiger partial charge on any atom is -0.391 e. The number of carbonyl (C=O) groups excluding carboxylic acids is 1. The van der Waals surface area contributed by atoms with Gasteiger partial charge >= 0.3 is 0 Å². The van der Waals surface area contributed by atoms with E-state index in [0.29, 0.717) is 11.1 Å². The predicted molar refractivity (Wildman–Crippen MR) is 89.2 cm³/mol. The van der Waals surface area contributed by atoms with Gasteiger partial charge in [-0.1, -0.05) is 39.0 Å². The standard InChI is InChI=1S/C17H23N3O3/c1-11-12-7-5-6-8-13(12)16(23)20(19-11)10-15(22)18-9-14(21)17(2,3)4/h5-8,14,21H,9-10H2,1-4H3,(H,18,22). The zero-order chi connectivity index (χ0) is 17.2. The van der Waals surface area contributed by atoms with E-state index < -0.39 is 6.10 Å². The quantitative estimate of drug-likeness (QED) is 0.888. The van der Waals surface area contributed by atoms with Crippen molar-refractivity contribution in [3.63, 3.8) is 0 Å². The second-order valence-corrected chi connectivity index (χ2v) is 6.78. The van der Waals surface area contributed by atoms with Gasteiger partial charge in [0.2, 0.25) is 5.91 Å². The summed E-state index contributed by atoms with van der Waals surface area (Å²) in [7, 11) is 0. The number of nitrogens with one attached hydrogen (secondary N) is 1. The summed E-state index contributed by atoms with van der Waals surface area (Å²) in [4.78, 5) is 24.4. The Kier molecular flexibility index (Phi) is 4.85. The van der Waals surface area contributed by atoms with Gasteiger partial charge in [0.25, 0.3) is 5.56 Å². The van der Waals surface area contributed by atoms with Gasteiger partial charge in [-0.15, -0.1) is 0 Å². The molecule has 1 aromatic carbocycles. The Hall–Kier alpha value is -2.21. The van der Waals surface area contributed by atoms with Gasteiger partial charge in [-0.25, -0.2) is 4.68 Å². The van der Waals surface area contributed by atoms with Crippen LogP contribution in [0.3, 0.4) is 0 Å². The van der Waals surface area contributed by atoms with Gasteiger partial charge in [0.1, 0.15) is 6.54 Å². The van der Waals surface area contributed by atoms with Crippen LogP contribution in [0.25, 0.3) is 10.8 Å². The maximum Gasteiger partial charge on any atom is 0.275 e. The number of fused-ring (bicyclic) bond motifs is 1. The van der Waals surface area contributed by atoms with Crippen molar-refractivity contribution < 1.29 is 9.90 Å². The number of amides is 1. The highest BCUT2D eigenvalue weighted by atomic mass is 16.3. The van der Waals surface area contributed by atoms with E-state index in [1.54, 1.807) is 19.1 Å². The monoisotopic (exact) mass is 317 g/mol. The van der Waals surface area contributed by atoms with Gasteiger partial charge in [-0.3, -0.25) is 9.59 Å². The molecule has 2 N–H and O–H groups in total. The van der Waals surface area contributed by atoms with Crippen molar-refractivity contribution in [1.82, 2.24) is 15.1 Å². The Morgan fingerprint density at radius 2 is 1.91 bits per heavy atom. The molecule has 0 radical (unpaired) electrons. The molecular weight excluding hydrogens is 294 g/mol. The van der Waals surface area contributed by atoms with Crippen LogP contribution in [-0.2, 0) is 11.3 Å². The molecule has 2 rings (SSSR count). The van der Waals surface area contributed by atoms with Gasteiger partial charge in [-0.2, -0.15) is 5.10 Å². The first-order chi connectivity index (χ1) is 10.7. The maximum absolute atomic E-state index is 12.4. The summed E-state index contributed by atoms with van der Waals surface area (Å²) in [6.45, 7) is 7.46. The topological polar surface area (TPSA) is 84.2 Å². The molecule has 1 aromatic heterocycles. The third kappa shape index (κ3) is 3.96. The van der Waals surface area contributed by atoms with Crippen molar-refractivity contribution >= 4 is 16.7 Å². The van der Waals surface area contributed by atoms with Crippen LogP contribution >= 0.6 is 0 Å². The van der Waals surface area contributed by atoms with Gasteiger partial charge in [-0.05, 0) is 18.4 Å². The number of nitrogens with zero attached hydrogens (tertiary/aromatic N) is 2. The van der Waals surface area contributed by atoms with Crippen molar-refractivity contribution in [2.75, 3.05) is 6.54 Å². The second kappa shape index (κ2) is 6.50. The van der Waals surface area contributed by atoms with Crippen molar-refractivity contribution in [1.29, 1.82) is 0 Å². The molecule has 6 nitrogen and oxygen atoms in total. The average molecular weight is 317 g/mol. The molecule has 0 saturated heterocycles. The summed E-state index contributed by atoms with van der Waals surface area (Å²) in [5.41, 5.74) is 0.0856. The largest absolute Gasteiger partial charge is 0.391 e. The first-order valence-electron chi connectivity index (χ1n) is 7.61. The highest BCUT2D eigenvalue weighted by Gasteiger charge is 2.22. The molecule has 1 atom stereocenters. The molecule has 1 amide bonds. The molecule has 0 aliphatic heterocycles. The summed E-state index contributed by atoms with van der Waals surface area (Å²) < 4.78 is 1.16. The molecule has 0 aliphatic carbocycles. The number of benzene rings is 1. The molecule has 0 bridgehead atoms. The Labute approximate surface area is 135 Å². The summed E-state index contributed by atoms with van der Waals surface area (Å²) in [6.07, 6.45) is -0.658. The SMILES string of the molecule is Cc1nn(CC(=O)NCC(O)C(C)(C)C)c(=O)c2ccccc12. The minimum absolute atomic E-state index is 0.143. The molecule has 0 aliphatic rings. The fraction of sp³-hybridized carbons (Fsp3) is 0.471. The number of aromatic nitrogens is 2. The lowest BCUT2D eigenvalue weighted by Gasteiger charge is -2.25. The number of aryl methyl sites for hydroxylation is 1. The number of rotatable bonds is 4. The van der Waals surface area contributed by atoms with Crippen LogP contribution < -0.4 is 10.9 Å². The number of aliphatic hydroxyl groups excluding tert-OH is 1. The zero-order valence-electron chi connectivity index (χ0n) is 14.0. The molecule has 6 heteroatoms.